The summed E-state index contributed by atoms with van der Waals surface area (Å²) >= 11 is 0. The molecule has 0 aromatic heterocycles. The van der Waals surface area contributed by atoms with Crippen LogP contribution in [0.15, 0.2) is 35.4 Å². The van der Waals surface area contributed by atoms with Crippen molar-refractivity contribution >= 4 is 12.1 Å². The standard InChI is InChI=1S/C14H13F3N2O2/c15-14(16,17)13(21)6-7-18-19(13)12(20)11-8-10(11)9-4-2-1-3-5-9/h1-5,7,10-11,21H,6,8H2/t10-,11-,13+/m1/s1. The molecule has 0 radical (unpaired) electrons. The van der Waals surface area contributed by atoms with E-state index in [0.717, 1.165) is 11.8 Å². The average molecular weight is 298 g/mol. The van der Waals surface area contributed by atoms with Crippen LogP contribution in [-0.2, 0) is 4.79 Å². The number of aliphatic hydroxyl groups is 1. The molecule has 4 nitrogen and oxygen atoms in total. The molecule has 1 aliphatic heterocycles. The first-order valence-electron chi connectivity index (χ1n) is 6.55. The second-order valence-corrected chi connectivity index (χ2v) is 5.33. The van der Waals surface area contributed by atoms with Gasteiger partial charge in [-0.25, -0.2) is 0 Å². The average Bonchev–Trinajstić information content (AvgIpc) is 3.14. The van der Waals surface area contributed by atoms with Crippen LogP contribution in [-0.4, -0.2) is 34.1 Å². The zero-order valence-electron chi connectivity index (χ0n) is 10.9. The Hall–Kier alpha value is -1.89. The number of amides is 1. The summed E-state index contributed by atoms with van der Waals surface area (Å²) in [6, 6.07) is 9.13. The van der Waals surface area contributed by atoms with Gasteiger partial charge in [-0.1, -0.05) is 30.3 Å². The number of benzene rings is 1. The molecule has 1 aliphatic carbocycles. The Labute approximate surface area is 118 Å². The highest BCUT2D eigenvalue weighted by atomic mass is 19.4. The third kappa shape index (κ3) is 2.21. The number of rotatable bonds is 2. The molecule has 0 saturated heterocycles. The predicted octanol–water partition coefficient (Wildman–Crippen LogP) is 2.26. The van der Waals surface area contributed by atoms with Gasteiger partial charge in [0.25, 0.3) is 5.72 Å². The molecule has 1 N–H and O–H groups in total. The van der Waals surface area contributed by atoms with Crippen LogP contribution in [0.1, 0.15) is 24.3 Å². The van der Waals surface area contributed by atoms with Crippen LogP contribution >= 0.6 is 0 Å². The van der Waals surface area contributed by atoms with Gasteiger partial charge in [-0.2, -0.15) is 23.3 Å². The van der Waals surface area contributed by atoms with Crippen molar-refractivity contribution in [2.24, 2.45) is 11.0 Å². The Bertz CT molecular complexity index is 588. The Balaban J connectivity index is 1.77. The van der Waals surface area contributed by atoms with E-state index in [9.17, 15) is 23.1 Å². The van der Waals surface area contributed by atoms with Crippen LogP contribution in [0.3, 0.4) is 0 Å². The van der Waals surface area contributed by atoms with Gasteiger partial charge in [0.2, 0.25) is 5.91 Å². The van der Waals surface area contributed by atoms with E-state index in [1.165, 1.54) is 0 Å². The van der Waals surface area contributed by atoms with E-state index in [0.29, 0.717) is 6.42 Å². The molecule has 2 aliphatic rings. The van der Waals surface area contributed by atoms with Crippen molar-refractivity contribution < 1.29 is 23.1 Å². The summed E-state index contributed by atoms with van der Waals surface area (Å²) in [4.78, 5) is 12.2. The summed E-state index contributed by atoms with van der Waals surface area (Å²) in [5.74, 6) is -1.44. The van der Waals surface area contributed by atoms with Gasteiger partial charge in [0, 0.05) is 18.6 Å². The normalized spacial score (nSPS) is 31.5. The first kappa shape index (κ1) is 14.1. The molecule has 1 aromatic rings. The van der Waals surface area contributed by atoms with Gasteiger partial charge in [0.15, 0.2) is 0 Å². The van der Waals surface area contributed by atoms with E-state index >= 15 is 0 Å². The zero-order valence-corrected chi connectivity index (χ0v) is 10.9. The molecule has 3 atom stereocenters. The lowest BCUT2D eigenvalue weighted by Gasteiger charge is -2.32. The van der Waals surface area contributed by atoms with Crippen LogP contribution in [0.2, 0.25) is 0 Å². The van der Waals surface area contributed by atoms with Crippen molar-refractivity contribution in [2.45, 2.75) is 30.7 Å². The SMILES string of the molecule is O=C([C@@H]1C[C@@H]1c1ccccc1)N1N=CC[C@]1(O)C(F)(F)F. The highest BCUT2D eigenvalue weighted by Gasteiger charge is 2.63. The Morgan fingerprint density at radius 1 is 1.33 bits per heavy atom. The number of halogens is 3. The number of hydrazone groups is 1. The van der Waals surface area contributed by atoms with Crippen LogP contribution in [0, 0.1) is 5.92 Å². The molecule has 0 bridgehead atoms. The molecule has 1 saturated carbocycles. The van der Waals surface area contributed by atoms with Crippen molar-refractivity contribution in [3.8, 4) is 0 Å². The monoisotopic (exact) mass is 298 g/mol. The fourth-order valence-electron chi connectivity index (χ4n) is 2.60. The molecule has 1 fully saturated rings. The zero-order chi connectivity index (χ0) is 15.3. The minimum atomic E-state index is -4.93. The second kappa shape index (κ2) is 4.56. The molecule has 0 spiro atoms. The van der Waals surface area contributed by atoms with Gasteiger partial charge in [-0.3, -0.25) is 4.79 Å². The maximum atomic E-state index is 12.9. The summed E-state index contributed by atoms with van der Waals surface area (Å²) in [5.41, 5.74) is -2.30. The van der Waals surface area contributed by atoms with E-state index in [4.69, 9.17) is 0 Å². The highest BCUT2D eigenvalue weighted by molar-refractivity contribution is 5.85. The Kier molecular flexibility index (Phi) is 3.05. The number of alkyl halides is 3. The quantitative estimate of drug-likeness (QED) is 0.910. The summed E-state index contributed by atoms with van der Waals surface area (Å²) in [6.45, 7) is 0. The van der Waals surface area contributed by atoms with Gasteiger partial charge in [0.1, 0.15) is 0 Å². The third-order valence-corrected chi connectivity index (χ3v) is 3.92. The van der Waals surface area contributed by atoms with E-state index in [1.807, 2.05) is 30.3 Å². The lowest BCUT2D eigenvalue weighted by Crippen LogP contribution is -2.56. The molecule has 0 unspecified atom stereocenters. The van der Waals surface area contributed by atoms with Crippen LogP contribution in [0.4, 0.5) is 13.2 Å². The molecule has 1 aromatic carbocycles. The molecular weight excluding hydrogens is 285 g/mol. The number of carbonyl (C=O) groups is 1. The fourth-order valence-corrected chi connectivity index (χ4v) is 2.60. The topological polar surface area (TPSA) is 52.9 Å². The predicted molar refractivity (Wildman–Crippen MR) is 68.2 cm³/mol. The summed E-state index contributed by atoms with van der Waals surface area (Å²) in [5, 5.41) is 13.4. The van der Waals surface area contributed by atoms with Crippen molar-refractivity contribution in [1.82, 2.24) is 5.01 Å². The van der Waals surface area contributed by atoms with E-state index in [2.05, 4.69) is 5.10 Å². The molecule has 1 heterocycles. The molecule has 112 valence electrons. The summed E-state index contributed by atoms with van der Waals surface area (Å²) in [6.07, 6.45) is -4.27. The smallest absolute Gasteiger partial charge is 0.362 e. The van der Waals surface area contributed by atoms with Gasteiger partial charge in [0.05, 0.1) is 0 Å². The van der Waals surface area contributed by atoms with Gasteiger partial charge in [-0.05, 0) is 17.9 Å². The fraction of sp³-hybridized carbons (Fsp3) is 0.429. The molecular formula is C14H13F3N2O2. The van der Waals surface area contributed by atoms with E-state index in [1.54, 1.807) is 0 Å². The second-order valence-electron chi connectivity index (χ2n) is 5.33. The van der Waals surface area contributed by atoms with Crippen LogP contribution < -0.4 is 0 Å². The molecule has 1 amide bonds. The van der Waals surface area contributed by atoms with Crippen molar-refractivity contribution in [3.63, 3.8) is 0 Å². The maximum Gasteiger partial charge on any atom is 0.438 e. The molecule has 21 heavy (non-hydrogen) atoms. The summed E-state index contributed by atoms with van der Waals surface area (Å²) < 4.78 is 38.8. The van der Waals surface area contributed by atoms with Gasteiger partial charge < -0.3 is 5.11 Å². The Morgan fingerprint density at radius 3 is 2.62 bits per heavy atom. The Morgan fingerprint density at radius 2 is 2.00 bits per heavy atom. The molecule has 7 heteroatoms. The first-order valence-corrected chi connectivity index (χ1v) is 6.55. The van der Waals surface area contributed by atoms with Gasteiger partial charge >= 0.3 is 6.18 Å². The summed E-state index contributed by atoms with van der Waals surface area (Å²) in [7, 11) is 0. The number of hydrogen-bond acceptors (Lipinski definition) is 3. The minimum Gasteiger partial charge on any atom is -0.362 e. The van der Waals surface area contributed by atoms with E-state index in [-0.39, 0.29) is 10.9 Å². The number of carbonyl (C=O) groups excluding carboxylic acids is 1. The molecule has 3 rings (SSSR count). The van der Waals surface area contributed by atoms with Crippen LogP contribution in [0.5, 0.6) is 0 Å². The number of hydrogen-bond donors (Lipinski definition) is 1. The largest absolute Gasteiger partial charge is 0.438 e. The van der Waals surface area contributed by atoms with Crippen molar-refractivity contribution in [2.75, 3.05) is 0 Å². The first-order chi connectivity index (χ1) is 9.84. The number of nitrogens with zero attached hydrogens (tertiary/aromatic N) is 2. The van der Waals surface area contributed by atoms with Crippen molar-refractivity contribution in [3.05, 3.63) is 35.9 Å². The minimum absolute atomic E-state index is 0.105. The lowest BCUT2D eigenvalue weighted by atomic mass is 10.1. The third-order valence-electron chi connectivity index (χ3n) is 3.92. The lowest BCUT2D eigenvalue weighted by molar-refractivity contribution is -0.302. The highest BCUT2D eigenvalue weighted by Crippen LogP contribution is 2.50. The maximum absolute atomic E-state index is 12.9. The van der Waals surface area contributed by atoms with Gasteiger partial charge in [-0.15, -0.1) is 0 Å². The van der Waals surface area contributed by atoms with Crippen LogP contribution in [0.25, 0.3) is 0 Å². The van der Waals surface area contributed by atoms with Crippen molar-refractivity contribution in [1.29, 1.82) is 0 Å². The van der Waals surface area contributed by atoms with E-state index < -0.39 is 30.1 Å².